The molecule has 0 saturated carbocycles. The molecule has 1 aliphatic rings. The number of nitrogens with one attached hydrogen (secondary N) is 1. The van der Waals surface area contributed by atoms with E-state index < -0.39 is 10.8 Å². The molecule has 0 atom stereocenters. The molecule has 1 saturated heterocycles. The molecular weight excluding hydrogens is 420 g/mol. The lowest BCUT2D eigenvalue weighted by Crippen LogP contribution is -2.31. The number of hydrogen-bond donors (Lipinski definition) is 2. The van der Waals surface area contributed by atoms with E-state index in [0.29, 0.717) is 12.2 Å². The second kappa shape index (κ2) is 9.30. The maximum atomic E-state index is 13.0. The number of nitro benzene ring substituents is 1. The van der Waals surface area contributed by atoms with Gasteiger partial charge in [0, 0.05) is 12.6 Å². The molecule has 32 heavy (non-hydrogen) atoms. The van der Waals surface area contributed by atoms with Gasteiger partial charge >= 0.3 is 0 Å². The molecule has 166 valence electrons. The van der Waals surface area contributed by atoms with Crippen molar-refractivity contribution in [2.45, 2.75) is 25.8 Å². The fourth-order valence-corrected chi connectivity index (χ4v) is 3.44. The van der Waals surface area contributed by atoms with E-state index in [1.807, 2.05) is 0 Å². The van der Waals surface area contributed by atoms with Crippen LogP contribution in [-0.2, 0) is 6.54 Å². The van der Waals surface area contributed by atoms with Crippen LogP contribution in [0.25, 0.3) is 5.82 Å². The topological polar surface area (TPSA) is 183 Å². The predicted octanol–water partition coefficient (Wildman–Crippen LogP) is 0.891. The van der Waals surface area contributed by atoms with Crippen LogP contribution < -0.4 is 11.2 Å². The van der Waals surface area contributed by atoms with Gasteiger partial charge in [-0.05, 0) is 42.3 Å². The van der Waals surface area contributed by atoms with Gasteiger partial charge in [0.2, 0.25) is 11.6 Å². The van der Waals surface area contributed by atoms with Crippen molar-refractivity contribution in [3.8, 4) is 5.82 Å². The molecule has 4 rings (SSSR count). The van der Waals surface area contributed by atoms with E-state index in [4.69, 9.17) is 5.73 Å². The summed E-state index contributed by atoms with van der Waals surface area (Å²) in [6.45, 7) is 2.18. The van der Waals surface area contributed by atoms with Gasteiger partial charge in [-0.3, -0.25) is 19.8 Å². The number of hydrogen-bond acceptors (Lipinski definition) is 11. The van der Waals surface area contributed by atoms with Crippen molar-refractivity contribution in [2.24, 2.45) is 5.10 Å². The Morgan fingerprint density at radius 2 is 2.06 bits per heavy atom. The molecule has 1 aromatic carbocycles. The molecule has 1 fully saturated rings. The van der Waals surface area contributed by atoms with Crippen LogP contribution in [-0.4, -0.2) is 60.3 Å². The summed E-state index contributed by atoms with van der Waals surface area (Å²) in [5, 5.41) is 30.4. The SMILES string of the molecule is Nc1nonc1-n1nnc(CN2CCCCC2)c1C(=O)N/N=C\c1ccccc1[N+](=O)[O-]. The largest absolute Gasteiger partial charge is 0.378 e. The Kier molecular flexibility index (Phi) is 6.12. The second-order valence-corrected chi connectivity index (χ2v) is 7.12. The third kappa shape index (κ3) is 4.44. The summed E-state index contributed by atoms with van der Waals surface area (Å²) < 4.78 is 5.76. The zero-order valence-corrected chi connectivity index (χ0v) is 16.9. The lowest BCUT2D eigenvalue weighted by Gasteiger charge is -2.25. The lowest BCUT2D eigenvalue weighted by molar-refractivity contribution is -0.385. The van der Waals surface area contributed by atoms with Gasteiger partial charge in [0.25, 0.3) is 11.6 Å². The summed E-state index contributed by atoms with van der Waals surface area (Å²) in [7, 11) is 0. The van der Waals surface area contributed by atoms with Gasteiger partial charge in [-0.2, -0.15) is 9.78 Å². The quantitative estimate of drug-likeness (QED) is 0.304. The summed E-state index contributed by atoms with van der Waals surface area (Å²) in [6.07, 6.45) is 4.49. The van der Waals surface area contributed by atoms with Gasteiger partial charge in [-0.15, -0.1) is 5.10 Å². The highest BCUT2D eigenvalue weighted by Gasteiger charge is 2.26. The molecular formula is C18H20N10O4. The van der Waals surface area contributed by atoms with E-state index in [0.717, 1.165) is 37.0 Å². The van der Waals surface area contributed by atoms with Crippen LogP contribution >= 0.6 is 0 Å². The van der Waals surface area contributed by atoms with Gasteiger partial charge in [0.05, 0.1) is 16.7 Å². The smallest absolute Gasteiger partial charge is 0.292 e. The number of nitrogen functional groups attached to an aromatic ring is 1. The molecule has 2 aromatic heterocycles. The first kappa shape index (κ1) is 21.0. The molecule has 3 N–H and O–H groups in total. The number of nitrogens with zero attached hydrogens (tertiary/aromatic N) is 8. The number of rotatable bonds is 7. The average molecular weight is 440 g/mol. The Morgan fingerprint density at radius 3 is 2.78 bits per heavy atom. The van der Waals surface area contributed by atoms with Crippen molar-refractivity contribution in [3.63, 3.8) is 0 Å². The number of piperidine rings is 1. The minimum atomic E-state index is -0.640. The Balaban J connectivity index is 1.60. The highest BCUT2D eigenvalue weighted by Crippen LogP contribution is 2.19. The standard InChI is InChI=1S/C18H20N10O4/c19-16-17(24-32-23-16)27-15(13(21-25-27)11-26-8-4-1-5-9-26)18(29)22-20-10-12-6-2-3-7-14(12)28(30)31/h2-3,6-7,10H,1,4-5,8-9,11H2,(H2,19,23)(H,22,29)/b20-10-. The third-order valence-electron chi connectivity index (χ3n) is 4.98. The first-order valence-electron chi connectivity index (χ1n) is 9.86. The van der Waals surface area contributed by atoms with Gasteiger partial charge in [0.15, 0.2) is 5.69 Å². The molecule has 3 heterocycles. The van der Waals surface area contributed by atoms with Crippen molar-refractivity contribution in [3.05, 3.63) is 51.3 Å². The Bertz CT molecular complexity index is 1150. The number of carbonyl (C=O) groups is 1. The predicted molar refractivity (Wildman–Crippen MR) is 111 cm³/mol. The van der Waals surface area contributed by atoms with Crippen molar-refractivity contribution >= 4 is 23.6 Å². The number of carbonyl (C=O) groups excluding carboxylic acids is 1. The molecule has 1 aliphatic heterocycles. The monoisotopic (exact) mass is 440 g/mol. The Morgan fingerprint density at radius 1 is 1.28 bits per heavy atom. The highest BCUT2D eigenvalue weighted by molar-refractivity contribution is 5.95. The minimum Gasteiger partial charge on any atom is -0.378 e. The molecule has 0 spiro atoms. The number of nitrogens with two attached hydrogens (primary N) is 1. The van der Waals surface area contributed by atoms with Crippen LogP contribution in [0.1, 0.15) is 41.0 Å². The first-order chi connectivity index (χ1) is 15.5. The van der Waals surface area contributed by atoms with E-state index >= 15 is 0 Å². The normalized spacial score (nSPS) is 14.6. The molecule has 0 radical (unpaired) electrons. The maximum absolute atomic E-state index is 13.0. The number of benzene rings is 1. The summed E-state index contributed by atoms with van der Waals surface area (Å²) in [5.41, 5.74) is 8.71. The molecule has 14 heteroatoms. The third-order valence-corrected chi connectivity index (χ3v) is 4.98. The molecule has 0 aliphatic carbocycles. The highest BCUT2D eigenvalue weighted by atomic mass is 16.6. The van der Waals surface area contributed by atoms with E-state index in [9.17, 15) is 14.9 Å². The van der Waals surface area contributed by atoms with Crippen LogP contribution in [0.3, 0.4) is 0 Å². The van der Waals surface area contributed by atoms with E-state index in [1.54, 1.807) is 12.1 Å². The maximum Gasteiger partial charge on any atom is 0.292 e. The fraction of sp³-hybridized carbons (Fsp3) is 0.333. The van der Waals surface area contributed by atoms with Gasteiger partial charge in [0.1, 0.15) is 5.69 Å². The van der Waals surface area contributed by atoms with Crippen molar-refractivity contribution < 1.29 is 14.3 Å². The van der Waals surface area contributed by atoms with Crippen LogP contribution in [0.5, 0.6) is 0 Å². The van der Waals surface area contributed by atoms with E-state index in [-0.39, 0.29) is 28.6 Å². The van der Waals surface area contributed by atoms with E-state index in [1.165, 1.54) is 18.3 Å². The number of likely N-dealkylation sites (tertiary alicyclic amines) is 1. The van der Waals surface area contributed by atoms with Gasteiger partial charge in [-0.25, -0.2) is 10.1 Å². The molecule has 1 amide bonds. The number of nitro groups is 1. The Labute approximate surface area is 181 Å². The molecule has 0 bridgehead atoms. The lowest BCUT2D eigenvalue weighted by atomic mass is 10.1. The number of aromatic nitrogens is 5. The molecule has 0 unspecified atom stereocenters. The Hall–Kier alpha value is -4.20. The van der Waals surface area contributed by atoms with Gasteiger partial charge in [-0.1, -0.05) is 23.8 Å². The van der Waals surface area contributed by atoms with Gasteiger partial charge < -0.3 is 5.73 Å². The van der Waals surface area contributed by atoms with Crippen molar-refractivity contribution in [1.29, 1.82) is 0 Å². The number of hydrazone groups is 1. The number of para-hydroxylation sites is 1. The zero-order valence-electron chi connectivity index (χ0n) is 16.9. The van der Waals surface area contributed by atoms with E-state index in [2.05, 4.69) is 40.7 Å². The number of amides is 1. The number of anilines is 1. The molecule has 14 nitrogen and oxygen atoms in total. The van der Waals surface area contributed by atoms with Crippen LogP contribution in [0.15, 0.2) is 34.0 Å². The first-order valence-corrected chi connectivity index (χ1v) is 9.86. The second-order valence-electron chi connectivity index (χ2n) is 7.12. The van der Waals surface area contributed by atoms with Crippen LogP contribution in [0.2, 0.25) is 0 Å². The van der Waals surface area contributed by atoms with Crippen LogP contribution in [0, 0.1) is 10.1 Å². The summed E-state index contributed by atoms with van der Waals surface area (Å²) in [6, 6.07) is 6.04. The zero-order chi connectivity index (χ0) is 22.5. The summed E-state index contributed by atoms with van der Waals surface area (Å²) >= 11 is 0. The average Bonchev–Trinajstić information content (AvgIpc) is 3.40. The van der Waals surface area contributed by atoms with Crippen molar-refractivity contribution in [1.82, 2.24) is 35.6 Å². The molecule has 3 aromatic rings. The minimum absolute atomic E-state index is 0.0234. The summed E-state index contributed by atoms with van der Waals surface area (Å²) in [4.78, 5) is 25.8. The fourth-order valence-electron chi connectivity index (χ4n) is 3.44. The van der Waals surface area contributed by atoms with Crippen LogP contribution in [0.4, 0.5) is 11.5 Å². The van der Waals surface area contributed by atoms with Crippen molar-refractivity contribution in [2.75, 3.05) is 18.8 Å². The summed E-state index contributed by atoms with van der Waals surface area (Å²) in [5.74, 6) is -0.675.